The Kier molecular flexibility index (Phi) is 5.16. The number of carbonyl (C=O) groups is 1. The molecule has 0 spiro atoms. The predicted molar refractivity (Wildman–Crippen MR) is 79.4 cm³/mol. The van der Waals surface area contributed by atoms with Gasteiger partial charge in [-0.1, -0.05) is 24.2 Å². The lowest BCUT2D eigenvalue weighted by atomic mass is 9.99. The van der Waals surface area contributed by atoms with E-state index in [9.17, 15) is 4.79 Å². The largest absolute Gasteiger partial charge is 0.409 e. The average molecular weight is 291 g/mol. The van der Waals surface area contributed by atoms with Crippen LogP contribution in [0, 0.1) is 5.92 Å². The third-order valence-electron chi connectivity index (χ3n) is 3.80. The lowest BCUT2D eigenvalue weighted by Gasteiger charge is -2.17. The van der Waals surface area contributed by atoms with Crippen molar-refractivity contribution >= 4 is 11.7 Å². The number of oxime groups is 1. The van der Waals surface area contributed by atoms with Crippen molar-refractivity contribution in [1.29, 1.82) is 0 Å². The van der Waals surface area contributed by atoms with Crippen LogP contribution in [0.3, 0.4) is 0 Å². The SMILES string of the molecule is CCC1OCCC1CNC(=O)c1cccc(/C(N)=N/O)c1. The fraction of sp³-hybridized carbons (Fsp3) is 0.467. The normalized spacial score (nSPS) is 22.2. The summed E-state index contributed by atoms with van der Waals surface area (Å²) in [7, 11) is 0. The molecule has 0 aliphatic carbocycles. The maximum Gasteiger partial charge on any atom is 0.251 e. The van der Waals surface area contributed by atoms with Crippen LogP contribution in [0.1, 0.15) is 35.7 Å². The number of nitrogens with zero attached hydrogens (tertiary/aromatic N) is 1. The number of hydrogen-bond donors (Lipinski definition) is 3. The van der Waals surface area contributed by atoms with E-state index in [4.69, 9.17) is 15.7 Å². The second-order valence-corrected chi connectivity index (χ2v) is 5.14. The highest BCUT2D eigenvalue weighted by Gasteiger charge is 2.26. The number of rotatable bonds is 5. The lowest BCUT2D eigenvalue weighted by molar-refractivity contribution is 0.0827. The molecule has 0 aromatic heterocycles. The molecule has 114 valence electrons. The molecular formula is C15H21N3O3. The molecule has 1 aromatic rings. The second kappa shape index (κ2) is 7.08. The van der Waals surface area contributed by atoms with Crippen molar-refractivity contribution in [3.05, 3.63) is 35.4 Å². The number of hydrogen-bond acceptors (Lipinski definition) is 4. The summed E-state index contributed by atoms with van der Waals surface area (Å²) < 4.78 is 5.61. The molecule has 6 nitrogen and oxygen atoms in total. The van der Waals surface area contributed by atoms with Crippen LogP contribution >= 0.6 is 0 Å². The Balaban J connectivity index is 1.97. The van der Waals surface area contributed by atoms with Crippen molar-refractivity contribution in [2.75, 3.05) is 13.2 Å². The van der Waals surface area contributed by atoms with Gasteiger partial charge in [-0.25, -0.2) is 0 Å². The van der Waals surface area contributed by atoms with Crippen LogP contribution in [0.15, 0.2) is 29.4 Å². The van der Waals surface area contributed by atoms with Crippen molar-refractivity contribution in [1.82, 2.24) is 5.32 Å². The molecule has 1 heterocycles. The molecule has 0 bridgehead atoms. The third kappa shape index (κ3) is 3.72. The Bertz CT molecular complexity index is 531. The molecule has 1 aliphatic heterocycles. The number of carbonyl (C=O) groups excluding carboxylic acids is 1. The molecule has 4 N–H and O–H groups in total. The maximum atomic E-state index is 12.2. The first-order valence-corrected chi connectivity index (χ1v) is 7.13. The van der Waals surface area contributed by atoms with Crippen LogP contribution in [-0.2, 0) is 4.74 Å². The Morgan fingerprint density at radius 1 is 1.52 bits per heavy atom. The van der Waals surface area contributed by atoms with Gasteiger partial charge in [0.2, 0.25) is 0 Å². The van der Waals surface area contributed by atoms with Gasteiger partial charge in [0, 0.05) is 30.2 Å². The Labute approximate surface area is 124 Å². The van der Waals surface area contributed by atoms with Gasteiger partial charge in [0.05, 0.1) is 6.10 Å². The van der Waals surface area contributed by atoms with Gasteiger partial charge in [0.1, 0.15) is 0 Å². The molecule has 2 atom stereocenters. The zero-order valence-corrected chi connectivity index (χ0v) is 12.1. The molecule has 2 unspecified atom stereocenters. The minimum atomic E-state index is -0.163. The Hall–Kier alpha value is -2.08. The zero-order chi connectivity index (χ0) is 15.2. The van der Waals surface area contributed by atoms with Crippen LogP contribution in [0.25, 0.3) is 0 Å². The van der Waals surface area contributed by atoms with E-state index in [0.29, 0.717) is 23.6 Å². The molecular weight excluding hydrogens is 270 g/mol. The van der Waals surface area contributed by atoms with Gasteiger partial charge >= 0.3 is 0 Å². The molecule has 1 amide bonds. The third-order valence-corrected chi connectivity index (χ3v) is 3.80. The summed E-state index contributed by atoms with van der Waals surface area (Å²) in [5.74, 6) is 0.190. The predicted octanol–water partition coefficient (Wildman–Crippen LogP) is 1.33. The van der Waals surface area contributed by atoms with Crippen LogP contribution in [0.4, 0.5) is 0 Å². The summed E-state index contributed by atoms with van der Waals surface area (Å²) in [4.78, 5) is 12.2. The van der Waals surface area contributed by atoms with E-state index in [1.165, 1.54) is 0 Å². The lowest BCUT2D eigenvalue weighted by Crippen LogP contribution is -2.32. The number of nitrogens with two attached hydrogens (primary N) is 1. The standard InChI is InChI=1S/C15H21N3O3/c1-2-13-12(6-7-21-13)9-17-15(19)11-5-3-4-10(8-11)14(16)18-20/h3-5,8,12-13,20H,2,6-7,9H2,1H3,(H2,16,18)(H,17,19). The van der Waals surface area contributed by atoms with Crippen LogP contribution in [-0.4, -0.2) is 36.2 Å². The molecule has 21 heavy (non-hydrogen) atoms. The van der Waals surface area contributed by atoms with Gasteiger partial charge in [-0.3, -0.25) is 4.79 Å². The summed E-state index contributed by atoms with van der Waals surface area (Å²) in [5.41, 5.74) is 6.53. The smallest absolute Gasteiger partial charge is 0.251 e. The number of benzene rings is 1. The van der Waals surface area contributed by atoms with Crippen molar-refractivity contribution in [2.45, 2.75) is 25.9 Å². The van der Waals surface area contributed by atoms with Crippen molar-refractivity contribution in [3.8, 4) is 0 Å². The van der Waals surface area contributed by atoms with Crippen molar-refractivity contribution < 1.29 is 14.7 Å². The highest BCUT2D eigenvalue weighted by molar-refractivity contribution is 6.01. The molecule has 2 rings (SSSR count). The Morgan fingerprint density at radius 2 is 2.29 bits per heavy atom. The van der Waals surface area contributed by atoms with E-state index in [1.54, 1.807) is 24.3 Å². The van der Waals surface area contributed by atoms with E-state index in [1.807, 2.05) is 0 Å². The summed E-state index contributed by atoms with van der Waals surface area (Å²) in [6.45, 7) is 3.45. The number of nitrogens with one attached hydrogen (secondary N) is 1. The fourth-order valence-electron chi connectivity index (χ4n) is 2.58. The number of ether oxygens (including phenoxy) is 1. The number of amidine groups is 1. The molecule has 1 aromatic carbocycles. The first-order valence-electron chi connectivity index (χ1n) is 7.13. The van der Waals surface area contributed by atoms with Gasteiger partial charge in [0.15, 0.2) is 5.84 Å². The summed E-state index contributed by atoms with van der Waals surface area (Å²) in [5, 5.41) is 14.5. The van der Waals surface area contributed by atoms with Crippen LogP contribution < -0.4 is 11.1 Å². The van der Waals surface area contributed by atoms with Crippen LogP contribution in [0.5, 0.6) is 0 Å². The highest BCUT2D eigenvalue weighted by Crippen LogP contribution is 2.22. The quantitative estimate of drug-likeness (QED) is 0.330. The van der Waals surface area contributed by atoms with Crippen molar-refractivity contribution in [2.24, 2.45) is 16.8 Å². The van der Waals surface area contributed by atoms with Gasteiger partial charge in [-0.2, -0.15) is 0 Å². The summed E-state index contributed by atoms with van der Waals surface area (Å²) in [6, 6.07) is 6.69. The van der Waals surface area contributed by atoms with Gasteiger partial charge < -0.3 is 21.0 Å². The maximum absolute atomic E-state index is 12.2. The summed E-state index contributed by atoms with van der Waals surface area (Å²) >= 11 is 0. The molecule has 1 saturated heterocycles. The fourth-order valence-corrected chi connectivity index (χ4v) is 2.58. The van der Waals surface area contributed by atoms with E-state index in [0.717, 1.165) is 19.4 Å². The van der Waals surface area contributed by atoms with E-state index in [-0.39, 0.29) is 17.8 Å². The molecule has 0 radical (unpaired) electrons. The van der Waals surface area contributed by atoms with E-state index < -0.39 is 0 Å². The highest BCUT2D eigenvalue weighted by atomic mass is 16.5. The van der Waals surface area contributed by atoms with E-state index >= 15 is 0 Å². The monoisotopic (exact) mass is 291 g/mol. The van der Waals surface area contributed by atoms with Crippen LogP contribution in [0.2, 0.25) is 0 Å². The molecule has 0 saturated carbocycles. The van der Waals surface area contributed by atoms with E-state index in [2.05, 4.69) is 17.4 Å². The summed E-state index contributed by atoms with van der Waals surface area (Å²) in [6.07, 6.45) is 2.16. The zero-order valence-electron chi connectivity index (χ0n) is 12.1. The first kappa shape index (κ1) is 15.3. The number of amides is 1. The molecule has 1 aliphatic rings. The average Bonchev–Trinajstić information content (AvgIpc) is 2.99. The molecule has 1 fully saturated rings. The van der Waals surface area contributed by atoms with Gasteiger partial charge in [-0.05, 0) is 25.0 Å². The molecule has 6 heteroatoms. The topological polar surface area (TPSA) is 96.9 Å². The Morgan fingerprint density at radius 3 is 3.00 bits per heavy atom. The second-order valence-electron chi connectivity index (χ2n) is 5.14. The minimum Gasteiger partial charge on any atom is -0.409 e. The van der Waals surface area contributed by atoms with Gasteiger partial charge in [0.25, 0.3) is 5.91 Å². The minimum absolute atomic E-state index is 0.0140. The van der Waals surface area contributed by atoms with Crippen molar-refractivity contribution in [3.63, 3.8) is 0 Å². The first-order chi connectivity index (χ1) is 10.2. The van der Waals surface area contributed by atoms with Gasteiger partial charge in [-0.15, -0.1) is 0 Å².